The minimum absolute atomic E-state index is 0.133. The zero-order valence-corrected chi connectivity index (χ0v) is 11.3. The Morgan fingerprint density at radius 1 is 1.44 bits per heavy atom. The molecule has 0 spiro atoms. The van der Waals surface area contributed by atoms with Gasteiger partial charge in [0.05, 0.1) is 0 Å². The standard InChI is InChI=1S/C12H23N3O3/c1-8(2)10(11(16)17)14-12(18)13-6-9-4-5-15(3)7-9/h8-10H,4-7H2,1-3H3,(H,16,17)(H2,13,14,18)/t9?,10-/m0/s1. The van der Waals surface area contributed by atoms with Crippen molar-refractivity contribution in [2.24, 2.45) is 11.8 Å². The number of carboxylic acid groups (broad SMARTS) is 1. The van der Waals surface area contributed by atoms with Crippen molar-refractivity contribution >= 4 is 12.0 Å². The van der Waals surface area contributed by atoms with E-state index in [0.29, 0.717) is 12.5 Å². The second kappa shape index (κ2) is 6.58. The Balaban J connectivity index is 2.30. The maximum atomic E-state index is 11.6. The molecule has 1 aliphatic rings. The fraction of sp³-hybridized carbons (Fsp3) is 0.833. The predicted octanol–water partition coefficient (Wildman–Crippen LogP) is 0.347. The van der Waals surface area contributed by atoms with Gasteiger partial charge < -0.3 is 20.6 Å². The lowest BCUT2D eigenvalue weighted by Crippen LogP contribution is -2.49. The van der Waals surface area contributed by atoms with Crippen LogP contribution in [0.15, 0.2) is 0 Å². The maximum Gasteiger partial charge on any atom is 0.326 e. The molecule has 0 aliphatic carbocycles. The van der Waals surface area contributed by atoms with E-state index in [1.54, 1.807) is 13.8 Å². The molecule has 0 radical (unpaired) electrons. The van der Waals surface area contributed by atoms with Crippen LogP contribution >= 0.6 is 0 Å². The van der Waals surface area contributed by atoms with E-state index in [1.807, 2.05) is 0 Å². The van der Waals surface area contributed by atoms with Gasteiger partial charge in [-0.15, -0.1) is 0 Å². The number of hydrogen-bond donors (Lipinski definition) is 3. The Labute approximate surface area is 108 Å². The summed E-state index contributed by atoms with van der Waals surface area (Å²) in [6, 6.07) is -1.23. The topological polar surface area (TPSA) is 81.7 Å². The Morgan fingerprint density at radius 2 is 2.11 bits per heavy atom. The van der Waals surface area contributed by atoms with Gasteiger partial charge in [0.15, 0.2) is 0 Å². The van der Waals surface area contributed by atoms with Gasteiger partial charge in [-0.1, -0.05) is 13.8 Å². The number of carbonyl (C=O) groups is 2. The highest BCUT2D eigenvalue weighted by molar-refractivity contribution is 5.82. The first-order chi connectivity index (χ1) is 8.40. The molecule has 1 rings (SSSR count). The summed E-state index contributed by atoms with van der Waals surface area (Å²) in [5, 5.41) is 14.2. The van der Waals surface area contributed by atoms with Crippen LogP contribution in [0.4, 0.5) is 4.79 Å². The van der Waals surface area contributed by atoms with Crippen molar-refractivity contribution in [3.63, 3.8) is 0 Å². The van der Waals surface area contributed by atoms with E-state index < -0.39 is 18.0 Å². The molecule has 1 unspecified atom stereocenters. The van der Waals surface area contributed by atoms with E-state index in [4.69, 9.17) is 5.11 Å². The van der Waals surface area contributed by atoms with Gasteiger partial charge in [-0.2, -0.15) is 0 Å². The highest BCUT2D eigenvalue weighted by Crippen LogP contribution is 2.12. The van der Waals surface area contributed by atoms with Crippen molar-refractivity contribution in [1.29, 1.82) is 0 Å². The van der Waals surface area contributed by atoms with Crippen LogP contribution in [0.1, 0.15) is 20.3 Å². The molecule has 18 heavy (non-hydrogen) atoms. The summed E-state index contributed by atoms with van der Waals surface area (Å²) >= 11 is 0. The first kappa shape index (κ1) is 14.8. The van der Waals surface area contributed by atoms with Gasteiger partial charge in [0.25, 0.3) is 0 Å². The minimum atomic E-state index is -0.999. The second-order valence-electron chi connectivity index (χ2n) is 5.33. The van der Waals surface area contributed by atoms with E-state index in [1.165, 1.54) is 0 Å². The van der Waals surface area contributed by atoms with Crippen LogP contribution in [-0.2, 0) is 4.79 Å². The van der Waals surface area contributed by atoms with Gasteiger partial charge >= 0.3 is 12.0 Å². The quantitative estimate of drug-likeness (QED) is 0.663. The third-order valence-electron chi connectivity index (χ3n) is 3.26. The van der Waals surface area contributed by atoms with Gasteiger partial charge in [0.2, 0.25) is 0 Å². The zero-order valence-electron chi connectivity index (χ0n) is 11.3. The molecule has 2 amide bonds. The molecule has 0 aromatic rings. The molecule has 0 aromatic carbocycles. The summed E-state index contributed by atoms with van der Waals surface area (Å²) in [6.07, 6.45) is 1.07. The van der Waals surface area contributed by atoms with Crippen LogP contribution in [0.2, 0.25) is 0 Å². The van der Waals surface area contributed by atoms with Crippen molar-refractivity contribution in [3.8, 4) is 0 Å². The smallest absolute Gasteiger partial charge is 0.326 e. The van der Waals surface area contributed by atoms with Crippen LogP contribution < -0.4 is 10.6 Å². The summed E-state index contributed by atoms with van der Waals surface area (Å²) in [5.41, 5.74) is 0. The fourth-order valence-electron chi connectivity index (χ4n) is 2.14. The molecule has 3 N–H and O–H groups in total. The molecule has 0 aromatic heterocycles. The Kier molecular flexibility index (Phi) is 5.40. The van der Waals surface area contributed by atoms with Crippen molar-refractivity contribution < 1.29 is 14.7 Å². The highest BCUT2D eigenvalue weighted by Gasteiger charge is 2.24. The van der Waals surface area contributed by atoms with Crippen molar-refractivity contribution in [2.45, 2.75) is 26.3 Å². The number of rotatable bonds is 5. The molecule has 1 saturated heterocycles. The highest BCUT2D eigenvalue weighted by atomic mass is 16.4. The fourth-order valence-corrected chi connectivity index (χ4v) is 2.14. The second-order valence-corrected chi connectivity index (χ2v) is 5.33. The first-order valence-electron chi connectivity index (χ1n) is 6.36. The average Bonchev–Trinajstić information content (AvgIpc) is 2.68. The summed E-state index contributed by atoms with van der Waals surface area (Å²) in [6.45, 7) is 6.17. The lowest BCUT2D eigenvalue weighted by molar-refractivity contribution is -0.140. The van der Waals surface area contributed by atoms with Crippen molar-refractivity contribution in [1.82, 2.24) is 15.5 Å². The van der Waals surface area contributed by atoms with E-state index >= 15 is 0 Å². The van der Waals surface area contributed by atoms with Gasteiger partial charge in [0.1, 0.15) is 6.04 Å². The molecule has 6 heteroatoms. The number of nitrogens with one attached hydrogen (secondary N) is 2. The predicted molar refractivity (Wildman–Crippen MR) is 68.4 cm³/mol. The minimum Gasteiger partial charge on any atom is -0.480 e. The third kappa shape index (κ3) is 4.52. The average molecular weight is 257 g/mol. The van der Waals surface area contributed by atoms with Crippen LogP contribution in [0.3, 0.4) is 0 Å². The molecule has 2 atom stereocenters. The van der Waals surface area contributed by atoms with Crippen LogP contribution in [0.25, 0.3) is 0 Å². The summed E-state index contributed by atoms with van der Waals surface area (Å²) < 4.78 is 0. The van der Waals surface area contributed by atoms with Crippen molar-refractivity contribution in [2.75, 3.05) is 26.7 Å². The molecule has 1 fully saturated rings. The van der Waals surface area contributed by atoms with Gasteiger partial charge in [-0.3, -0.25) is 0 Å². The number of carboxylic acids is 1. The Bertz CT molecular complexity index is 307. The van der Waals surface area contributed by atoms with Gasteiger partial charge in [0, 0.05) is 13.1 Å². The van der Waals surface area contributed by atoms with Gasteiger partial charge in [-0.25, -0.2) is 9.59 Å². The van der Waals surface area contributed by atoms with Crippen LogP contribution in [0.5, 0.6) is 0 Å². The number of nitrogens with zero attached hydrogens (tertiary/aromatic N) is 1. The lowest BCUT2D eigenvalue weighted by Gasteiger charge is -2.19. The number of urea groups is 1. The number of aliphatic carboxylic acids is 1. The number of likely N-dealkylation sites (tertiary alicyclic amines) is 1. The van der Waals surface area contributed by atoms with E-state index in [9.17, 15) is 9.59 Å². The molecule has 104 valence electrons. The van der Waals surface area contributed by atoms with Crippen LogP contribution in [-0.4, -0.2) is 54.7 Å². The van der Waals surface area contributed by atoms with Crippen LogP contribution in [0, 0.1) is 11.8 Å². The molecule has 0 bridgehead atoms. The van der Waals surface area contributed by atoms with E-state index in [2.05, 4.69) is 22.6 Å². The van der Waals surface area contributed by atoms with Crippen molar-refractivity contribution in [3.05, 3.63) is 0 Å². The molecule has 1 heterocycles. The number of hydrogen-bond acceptors (Lipinski definition) is 3. The maximum absolute atomic E-state index is 11.6. The normalized spacial score (nSPS) is 21.9. The monoisotopic (exact) mass is 257 g/mol. The molecule has 0 saturated carbocycles. The molecule has 1 aliphatic heterocycles. The number of carbonyl (C=O) groups excluding carboxylic acids is 1. The Hall–Kier alpha value is -1.30. The van der Waals surface area contributed by atoms with E-state index in [-0.39, 0.29) is 5.92 Å². The summed E-state index contributed by atoms with van der Waals surface area (Å²) in [5.74, 6) is -0.672. The zero-order chi connectivity index (χ0) is 13.7. The van der Waals surface area contributed by atoms with Gasteiger partial charge in [-0.05, 0) is 31.8 Å². The summed E-state index contributed by atoms with van der Waals surface area (Å²) in [4.78, 5) is 24.8. The molecular weight excluding hydrogens is 234 g/mol. The largest absolute Gasteiger partial charge is 0.480 e. The number of amides is 2. The van der Waals surface area contributed by atoms with E-state index in [0.717, 1.165) is 19.5 Å². The first-order valence-corrected chi connectivity index (χ1v) is 6.36. The SMILES string of the molecule is CC(C)[C@H](NC(=O)NCC1CCN(C)C1)C(=O)O. The molecule has 6 nitrogen and oxygen atoms in total. The summed E-state index contributed by atoms with van der Waals surface area (Å²) in [7, 11) is 2.05. The third-order valence-corrected chi connectivity index (χ3v) is 3.26. The molecular formula is C12H23N3O3. The lowest BCUT2D eigenvalue weighted by atomic mass is 10.1. The Morgan fingerprint density at radius 3 is 2.56 bits per heavy atom.